The van der Waals surface area contributed by atoms with Crippen LogP contribution in [0, 0.1) is 29.1 Å². The molecule has 2 aliphatic heterocycles. The Morgan fingerprint density at radius 1 is 0.711 bits per heavy atom. The quantitative estimate of drug-likeness (QED) is 0.146. The van der Waals surface area contributed by atoms with Gasteiger partial charge < -0.3 is 9.89 Å². The van der Waals surface area contributed by atoms with Gasteiger partial charge in [0.1, 0.15) is 13.6 Å². The van der Waals surface area contributed by atoms with Gasteiger partial charge >= 0.3 is 0 Å². The smallest absolute Gasteiger partial charge is 0.129 e. The summed E-state index contributed by atoms with van der Waals surface area (Å²) in [4.78, 5) is 0. The molecule has 4 bridgehead atoms. The van der Waals surface area contributed by atoms with Crippen LogP contribution in [0.15, 0.2) is 66.7 Å². The Morgan fingerprint density at radius 2 is 1.18 bits per heavy atom. The summed E-state index contributed by atoms with van der Waals surface area (Å²) in [5.41, 5.74) is 7.33. The summed E-state index contributed by atoms with van der Waals surface area (Å²) < 4.78 is 2.65. The molecular formula is C41H53AgN2Si-. The minimum Gasteiger partial charge on any atom is -0.658 e. The summed E-state index contributed by atoms with van der Waals surface area (Å²) >= 11 is 0. The molecule has 4 fully saturated rings. The van der Waals surface area contributed by atoms with Gasteiger partial charge in [0.25, 0.3) is 0 Å². The molecular weight excluding hydrogens is 656 g/mol. The third kappa shape index (κ3) is 5.48. The van der Waals surface area contributed by atoms with Crippen molar-refractivity contribution in [3.8, 4) is 0 Å². The number of para-hydroxylation sites is 3. The number of hydrogen-bond acceptors (Lipinski definition) is 0. The van der Waals surface area contributed by atoms with Crippen molar-refractivity contribution in [2.45, 2.75) is 111 Å². The average Bonchev–Trinajstić information content (AvgIpc) is 3.27. The van der Waals surface area contributed by atoms with E-state index in [1.54, 1.807) is 0 Å². The Kier molecular flexibility index (Phi) is 8.77. The second kappa shape index (κ2) is 12.0. The van der Waals surface area contributed by atoms with Crippen LogP contribution >= 0.6 is 0 Å². The number of hydrogen-bond donors (Lipinski definition) is 0. The molecule has 45 heavy (non-hydrogen) atoms. The first-order valence-corrected chi connectivity index (χ1v) is 20.5. The average molecular weight is 710 g/mol. The van der Waals surface area contributed by atoms with Crippen LogP contribution in [0.2, 0.25) is 13.1 Å². The van der Waals surface area contributed by atoms with Gasteiger partial charge in [-0.25, -0.2) is 0 Å². The second-order valence-electron chi connectivity index (χ2n) is 16.6. The Labute approximate surface area is 290 Å². The van der Waals surface area contributed by atoms with Crippen LogP contribution in [0.5, 0.6) is 0 Å². The van der Waals surface area contributed by atoms with Gasteiger partial charge in [0.05, 0.1) is 5.69 Å². The van der Waals surface area contributed by atoms with E-state index in [2.05, 4.69) is 132 Å². The number of nitrogens with zero attached hydrogens (tertiary/aromatic N) is 2. The fourth-order valence-corrected chi connectivity index (χ4v) is 13.2. The monoisotopic (exact) mass is 708 g/mol. The molecule has 2 nitrogen and oxygen atoms in total. The summed E-state index contributed by atoms with van der Waals surface area (Å²) in [5.74, 6) is 4.92. The first kappa shape index (κ1) is 33.0. The standard InChI is InChI=1S/C27H39N.C14H14NSi.Ag/c1-17(2)23-8-7-9-24(18(3)4)25(23)28-16-27(15-26(28,5)6)21-11-19-10-20(13-21)14-22(27)12-19;1-16(2)13-9-5-3-7-11(13)15-12-8-4-6-10-14(12)16;/h7-9,17-22H,10-15H2,1-6H3;3-10H,1-2H3;/q;-1;. The van der Waals surface area contributed by atoms with Crippen LogP contribution in [-0.4, -0.2) is 24.4 Å². The summed E-state index contributed by atoms with van der Waals surface area (Å²) in [6.45, 7) is 19.2. The Hall–Kier alpha value is -1.91. The van der Waals surface area contributed by atoms with Gasteiger partial charge in [-0.2, -0.15) is 0 Å². The van der Waals surface area contributed by atoms with Gasteiger partial charge in [0.15, 0.2) is 0 Å². The predicted octanol–water partition coefficient (Wildman–Crippen LogP) is 10.3. The molecule has 9 rings (SSSR count). The topological polar surface area (TPSA) is 17.1 Å². The van der Waals surface area contributed by atoms with E-state index in [9.17, 15) is 0 Å². The molecule has 3 aromatic rings. The Bertz CT molecular complexity index is 1500. The molecule has 3 aromatic carbocycles. The molecule has 4 heteroatoms. The minimum absolute atomic E-state index is 0. The molecule has 4 saturated carbocycles. The largest absolute Gasteiger partial charge is 0.658 e. The van der Waals surface area contributed by atoms with Crippen LogP contribution in [0.1, 0.15) is 103 Å². The summed E-state index contributed by atoms with van der Waals surface area (Å²) in [7, 11) is -1.53. The first-order valence-electron chi connectivity index (χ1n) is 17.5. The Morgan fingerprint density at radius 3 is 1.64 bits per heavy atom. The van der Waals surface area contributed by atoms with Crippen molar-refractivity contribution in [3.63, 3.8) is 0 Å². The van der Waals surface area contributed by atoms with Gasteiger partial charge in [0, 0.05) is 35.0 Å². The van der Waals surface area contributed by atoms with E-state index < -0.39 is 8.07 Å². The number of benzene rings is 3. The van der Waals surface area contributed by atoms with E-state index in [1.165, 1.54) is 65.7 Å². The van der Waals surface area contributed by atoms with Crippen molar-refractivity contribution in [2.24, 2.45) is 29.1 Å². The van der Waals surface area contributed by atoms with Crippen molar-refractivity contribution < 1.29 is 27.0 Å². The molecule has 1 radical (unpaired) electrons. The molecule has 0 aromatic heterocycles. The van der Waals surface area contributed by atoms with E-state index in [-0.39, 0.29) is 27.9 Å². The fourth-order valence-electron chi connectivity index (χ4n) is 10.3. The summed E-state index contributed by atoms with van der Waals surface area (Å²) in [6.07, 6.45) is 13.0. The van der Waals surface area contributed by atoms with Gasteiger partial charge in [-0.3, -0.25) is 0 Å². The SMILES string of the molecule is CC(C)c1cccc(C(C)C)c1[N+]1=[C-]C2(CC1(C)C)C1CC3CC(C1)CC2C3.C[Si]1(C)c2ccccc2[N-]c2ccccc21.[Ag]. The van der Waals surface area contributed by atoms with E-state index >= 15 is 0 Å². The zero-order valence-electron chi connectivity index (χ0n) is 28.8. The Balaban J connectivity index is 0.000000179. The van der Waals surface area contributed by atoms with Crippen LogP contribution in [-0.2, 0) is 22.4 Å². The fraction of sp³-hybridized carbons (Fsp3) is 0.537. The number of fused-ring (bicyclic) bond motifs is 2. The zero-order valence-corrected chi connectivity index (χ0v) is 31.2. The van der Waals surface area contributed by atoms with Crippen LogP contribution in [0.25, 0.3) is 5.32 Å². The van der Waals surface area contributed by atoms with Crippen molar-refractivity contribution in [1.82, 2.24) is 0 Å². The van der Waals surface area contributed by atoms with Crippen molar-refractivity contribution >= 4 is 41.7 Å². The van der Waals surface area contributed by atoms with Crippen molar-refractivity contribution in [2.75, 3.05) is 0 Å². The first-order chi connectivity index (χ1) is 20.9. The van der Waals surface area contributed by atoms with Gasteiger partial charge in [-0.1, -0.05) is 129 Å². The molecule has 0 amide bonds. The van der Waals surface area contributed by atoms with Crippen molar-refractivity contribution in [1.29, 1.82) is 0 Å². The zero-order chi connectivity index (χ0) is 31.0. The molecule has 2 heterocycles. The van der Waals surface area contributed by atoms with Gasteiger partial charge in [-0.05, 0) is 86.9 Å². The molecule has 0 N–H and O–H groups in total. The maximum atomic E-state index is 4.74. The maximum Gasteiger partial charge on any atom is 0.129 e. The van der Waals surface area contributed by atoms with Gasteiger partial charge in [-0.15, -0.1) is 11.4 Å². The van der Waals surface area contributed by atoms with Crippen molar-refractivity contribution in [3.05, 3.63) is 83.2 Å². The van der Waals surface area contributed by atoms with E-state index in [0.717, 1.165) is 35.0 Å². The third-order valence-electron chi connectivity index (χ3n) is 12.2. The van der Waals surface area contributed by atoms with Crippen LogP contribution < -0.4 is 10.4 Å². The third-order valence-corrected chi connectivity index (χ3v) is 15.7. The molecule has 0 saturated heterocycles. The van der Waals surface area contributed by atoms with Crippen LogP contribution in [0.3, 0.4) is 0 Å². The van der Waals surface area contributed by atoms with Gasteiger partial charge in [0.2, 0.25) is 0 Å². The molecule has 243 valence electrons. The minimum atomic E-state index is -1.53. The molecule has 0 atom stereocenters. The maximum absolute atomic E-state index is 4.74. The number of rotatable bonds is 3. The second-order valence-corrected chi connectivity index (χ2v) is 21.0. The molecule has 0 unspecified atom stereocenters. The normalized spacial score (nSPS) is 29.3. The molecule has 1 spiro atoms. The van der Waals surface area contributed by atoms with E-state index in [1.807, 2.05) is 0 Å². The summed E-state index contributed by atoms with van der Waals surface area (Å²) in [6, 6.07) is 24.1. The molecule has 4 aliphatic carbocycles. The van der Waals surface area contributed by atoms with E-state index in [0.29, 0.717) is 17.3 Å². The van der Waals surface area contributed by atoms with E-state index in [4.69, 9.17) is 5.32 Å². The summed E-state index contributed by atoms with van der Waals surface area (Å²) in [5, 5.41) is 7.64. The predicted molar refractivity (Wildman–Crippen MR) is 190 cm³/mol. The van der Waals surface area contributed by atoms with Crippen LogP contribution in [0.4, 0.5) is 17.1 Å². The molecule has 6 aliphatic rings.